The Morgan fingerprint density at radius 3 is 2.26 bits per heavy atom. The second kappa shape index (κ2) is 11.3. The molecule has 0 bridgehead atoms. The number of nitrogens with one attached hydrogen (secondary N) is 1. The van der Waals surface area contributed by atoms with Gasteiger partial charge in [0, 0.05) is 32.7 Å². The molecule has 0 spiro atoms. The molecule has 2 amide bonds. The number of aliphatic carboxylic acids is 1. The van der Waals surface area contributed by atoms with Crippen LogP contribution in [-0.4, -0.2) is 80.6 Å². The van der Waals surface area contributed by atoms with Crippen LogP contribution in [0.1, 0.15) is 23.5 Å². The van der Waals surface area contributed by atoms with Crippen molar-refractivity contribution in [2.75, 3.05) is 46.6 Å². The molecule has 1 aliphatic heterocycles. The molecule has 2 aromatic rings. The Hall–Kier alpha value is -3.43. The first-order valence-corrected chi connectivity index (χ1v) is 11.7. The van der Waals surface area contributed by atoms with E-state index in [1.807, 2.05) is 24.3 Å². The molecule has 1 saturated heterocycles. The van der Waals surface area contributed by atoms with Crippen molar-refractivity contribution in [3.05, 3.63) is 59.7 Å². The monoisotopic (exact) mass is 482 g/mol. The Kier molecular flexibility index (Phi) is 7.99. The normalized spacial score (nSPS) is 18.7. The van der Waals surface area contributed by atoms with Crippen molar-refractivity contribution in [1.82, 2.24) is 10.2 Å². The molecule has 2 aromatic carbocycles. The van der Waals surface area contributed by atoms with Crippen LogP contribution < -0.4 is 5.32 Å². The van der Waals surface area contributed by atoms with Crippen LogP contribution in [0.25, 0.3) is 11.1 Å². The van der Waals surface area contributed by atoms with E-state index in [1.54, 1.807) is 0 Å². The standard InChI is InChI=1S/C26H30N2O7/c1-33-23-15-28(14-21(23)25(30)31)24(29)10-12-34-13-11-27-26(32)35-16-22-19-8-4-2-6-17(19)18-7-3-5-9-20(18)22/h2-9,21-23H,10-16H2,1H3,(H,27,32)(H,30,31). The lowest BCUT2D eigenvalue weighted by Crippen LogP contribution is -2.31. The third-order valence-corrected chi connectivity index (χ3v) is 6.56. The number of amides is 2. The highest BCUT2D eigenvalue weighted by Crippen LogP contribution is 2.44. The van der Waals surface area contributed by atoms with Crippen LogP contribution in [-0.2, 0) is 23.8 Å². The average Bonchev–Trinajstić information content (AvgIpc) is 3.45. The molecule has 9 heteroatoms. The van der Waals surface area contributed by atoms with E-state index in [4.69, 9.17) is 14.2 Å². The summed E-state index contributed by atoms with van der Waals surface area (Å²) in [5, 5.41) is 11.9. The van der Waals surface area contributed by atoms with Crippen LogP contribution >= 0.6 is 0 Å². The van der Waals surface area contributed by atoms with Crippen molar-refractivity contribution >= 4 is 18.0 Å². The summed E-state index contributed by atoms with van der Waals surface area (Å²) >= 11 is 0. The molecule has 4 rings (SSSR count). The molecule has 2 N–H and O–H groups in total. The van der Waals surface area contributed by atoms with Crippen molar-refractivity contribution in [2.24, 2.45) is 5.92 Å². The topological polar surface area (TPSA) is 114 Å². The van der Waals surface area contributed by atoms with Crippen molar-refractivity contribution in [3.8, 4) is 11.1 Å². The SMILES string of the molecule is COC1CN(C(=O)CCOCCNC(=O)OCC2c3ccccc3-c3ccccc32)CC1C(=O)O. The summed E-state index contributed by atoms with van der Waals surface area (Å²) in [4.78, 5) is 37.2. The number of carbonyl (C=O) groups is 3. The largest absolute Gasteiger partial charge is 0.481 e. The van der Waals surface area contributed by atoms with Gasteiger partial charge in [0.1, 0.15) is 12.5 Å². The van der Waals surface area contributed by atoms with Crippen LogP contribution in [0.3, 0.4) is 0 Å². The molecule has 2 atom stereocenters. The lowest BCUT2D eigenvalue weighted by atomic mass is 9.98. The number of alkyl carbamates (subject to hydrolysis) is 1. The molecule has 2 aliphatic rings. The summed E-state index contributed by atoms with van der Waals surface area (Å²) in [6.45, 7) is 1.30. The first-order chi connectivity index (χ1) is 17.0. The van der Waals surface area contributed by atoms with Gasteiger partial charge in [0.15, 0.2) is 0 Å². The summed E-state index contributed by atoms with van der Waals surface area (Å²) < 4.78 is 16.1. The van der Waals surface area contributed by atoms with Gasteiger partial charge in [-0.25, -0.2) is 4.79 Å². The van der Waals surface area contributed by atoms with Gasteiger partial charge < -0.3 is 29.5 Å². The zero-order chi connectivity index (χ0) is 24.8. The fourth-order valence-corrected chi connectivity index (χ4v) is 4.75. The fraction of sp³-hybridized carbons (Fsp3) is 0.423. The molecule has 1 fully saturated rings. The van der Waals surface area contributed by atoms with Crippen molar-refractivity contribution < 1.29 is 33.7 Å². The van der Waals surface area contributed by atoms with Gasteiger partial charge in [0.2, 0.25) is 5.91 Å². The second-order valence-corrected chi connectivity index (χ2v) is 8.63. The van der Waals surface area contributed by atoms with Crippen LogP contribution in [0.4, 0.5) is 4.79 Å². The van der Waals surface area contributed by atoms with Gasteiger partial charge in [-0.3, -0.25) is 9.59 Å². The van der Waals surface area contributed by atoms with E-state index in [2.05, 4.69) is 29.6 Å². The number of carbonyl (C=O) groups excluding carboxylic acids is 2. The summed E-state index contributed by atoms with van der Waals surface area (Å²) in [6, 6.07) is 16.3. The number of hydrogen-bond donors (Lipinski definition) is 2. The van der Waals surface area contributed by atoms with Gasteiger partial charge in [0.05, 0.1) is 25.7 Å². The van der Waals surface area contributed by atoms with Gasteiger partial charge in [-0.2, -0.15) is 0 Å². The predicted molar refractivity (Wildman–Crippen MR) is 127 cm³/mol. The summed E-state index contributed by atoms with van der Waals surface area (Å²) in [6.07, 6.45) is -0.888. The number of likely N-dealkylation sites (tertiary alicyclic amines) is 1. The minimum Gasteiger partial charge on any atom is -0.481 e. The number of methoxy groups -OCH3 is 1. The molecular weight excluding hydrogens is 452 g/mol. The van der Waals surface area contributed by atoms with Gasteiger partial charge >= 0.3 is 12.1 Å². The Bertz CT molecular complexity index is 1030. The van der Waals surface area contributed by atoms with Crippen molar-refractivity contribution in [3.63, 3.8) is 0 Å². The number of carboxylic acid groups (broad SMARTS) is 1. The summed E-state index contributed by atoms with van der Waals surface area (Å²) in [7, 11) is 1.45. The average molecular weight is 483 g/mol. The lowest BCUT2D eigenvalue weighted by Gasteiger charge is -2.16. The molecule has 2 unspecified atom stereocenters. The molecule has 35 heavy (non-hydrogen) atoms. The van der Waals surface area contributed by atoms with Gasteiger partial charge in [-0.05, 0) is 22.3 Å². The van der Waals surface area contributed by atoms with E-state index in [9.17, 15) is 19.5 Å². The molecule has 0 aromatic heterocycles. The lowest BCUT2D eigenvalue weighted by molar-refractivity contribution is -0.144. The third-order valence-electron chi connectivity index (χ3n) is 6.56. The van der Waals surface area contributed by atoms with Gasteiger partial charge in [0.25, 0.3) is 0 Å². The Morgan fingerprint density at radius 2 is 1.66 bits per heavy atom. The quantitative estimate of drug-likeness (QED) is 0.500. The van der Waals surface area contributed by atoms with E-state index in [0.717, 1.165) is 11.1 Å². The summed E-state index contributed by atoms with van der Waals surface area (Å²) in [5.41, 5.74) is 4.65. The molecular formula is C26H30N2O7. The zero-order valence-corrected chi connectivity index (χ0v) is 19.6. The third kappa shape index (κ3) is 5.63. The fourth-order valence-electron chi connectivity index (χ4n) is 4.75. The number of ether oxygens (including phenoxy) is 3. The van der Waals surface area contributed by atoms with Crippen LogP contribution in [0.2, 0.25) is 0 Å². The minimum atomic E-state index is -0.970. The maximum atomic E-state index is 12.3. The van der Waals surface area contributed by atoms with E-state index in [0.29, 0.717) is 0 Å². The highest BCUT2D eigenvalue weighted by atomic mass is 16.5. The van der Waals surface area contributed by atoms with Crippen LogP contribution in [0.5, 0.6) is 0 Å². The number of nitrogens with zero attached hydrogens (tertiary/aromatic N) is 1. The first kappa shape index (κ1) is 24.7. The number of fused-ring (bicyclic) bond motifs is 3. The minimum absolute atomic E-state index is 0.000528. The zero-order valence-electron chi connectivity index (χ0n) is 19.6. The number of hydrogen-bond acceptors (Lipinski definition) is 6. The maximum Gasteiger partial charge on any atom is 0.407 e. The molecule has 1 heterocycles. The Morgan fingerprint density at radius 1 is 1.00 bits per heavy atom. The van der Waals surface area contributed by atoms with Crippen molar-refractivity contribution in [2.45, 2.75) is 18.4 Å². The van der Waals surface area contributed by atoms with E-state index in [-0.39, 0.29) is 57.7 Å². The smallest absolute Gasteiger partial charge is 0.407 e. The van der Waals surface area contributed by atoms with Crippen molar-refractivity contribution in [1.29, 1.82) is 0 Å². The van der Waals surface area contributed by atoms with Crippen LogP contribution in [0.15, 0.2) is 48.5 Å². The summed E-state index contributed by atoms with van der Waals surface area (Å²) in [5.74, 6) is -1.87. The Balaban J connectivity index is 1.13. The van der Waals surface area contributed by atoms with Crippen LogP contribution in [0, 0.1) is 5.92 Å². The molecule has 0 saturated carbocycles. The molecule has 9 nitrogen and oxygen atoms in total. The molecule has 186 valence electrons. The molecule has 0 radical (unpaired) electrons. The number of benzene rings is 2. The maximum absolute atomic E-state index is 12.3. The van der Waals surface area contributed by atoms with Gasteiger partial charge in [-0.15, -0.1) is 0 Å². The van der Waals surface area contributed by atoms with E-state index >= 15 is 0 Å². The second-order valence-electron chi connectivity index (χ2n) is 8.63. The van der Waals surface area contributed by atoms with E-state index in [1.165, 1.54) is 23.1 Å². The Labute approximate surface area is 204 Å². The predicted octanol–water partition coefficient (Wildman–Crippen LogP) is 2.49. The first-order valence-electron chi connectivity index (χ1n) is 11.7. The van der Waals surface area contributed by atoms with Gasteiger partial charge in [-0.1, -0.05) is 48.5 Å². The van der Waals surface area contributed by atoms with E-state index < -0.39 is 24.1 Å². The highest BCUT2D eigenvalue weighted by molar-refractivity contribution is 5.80. The number of rotatable bonds is 10. The highest BCUT2D eigenvalue weighted by Gasteiger charge is 2.39. The molecule has 1 aliphatic carbocycles. The number of carboxylic acids is 1.